The van der Waals surface area contributed by atoms with Crippen molar-refractivity contribution in [1.29, 1.82) is 0 Å². The van der Waals surface area contributed by atoms with E-state index in [-0.39, 0.29) is 22.9 Å². The highest BCUT2D eigenvalue weighted by Gasteiger charge is 2.11. The van der Waals surface area contributed by atoms with Crippen LogP contribution in [0.4, 0.5) is 5.69 Å². The number of sulfone groups is 1. The van der Waals surface area contributed by atoms with Gasteiger partial charge in [-0.15, -0.1) is 0 Å². The van der Waals surface area contributed by atoms with Crippen molar-refractivity contribution in [1.82, 2.24) is 0 Å². The molecule has 1 aromatic carbocycles. The van der Waals surface area contributed by atoms with Crippen molar-refractivity contribution >= 4 is 21.4 Å². The Kier molecular flexibility index (Phi) is 3.38. The summed E-state index contributed by atoms with van der Waals surface area (Å²) in [6.07, 6.45) is 1.07. The lowest BCUT2D eigenvalue weighted by Crippen LogP contribution is -2.20. The molecule has 0 heterocycles. The molecule has 0 radical (unpaired) electrons. The Morgan fingerprint density at radius 2 is 2.06 bits per heavy atom. The van der Waals surface area contributed by atoms with E-state index >= 15 is 0 Å². The van der Waals surface area contributed by atoms with Crippen LogP contribution in [0.25, 0.3) is 0 Å². The van der Waals surface area contributed by atoms with Gasteiger partial charge in [-0.1, -0.05) is 0 Å². The van der Waals surface area contributed by atoms with Gasteiger partial charge in [0.15, 0.2) is 16.4 Å². The molecule has 0 aliphatic rings. The predicted molar refractivity (Wildman–Crippen MR) is 58.7 cm³/mol. The van der Waals surface area contributed by atoms with E-state index in [9.17, 15) is 13.2 Å². The number of rotatable bonds is 4. The van der Waals surface area contributed by atoms with Crippen LogP contribution in [0.15, 0.2) is 23.1 Å². The van der Waals surface area contributed by atoms with Crippen molar-refractivity contribution in [3.63, 3.8) is 0 Å². The maximum Gasteiger partial charge on any atom is 0.255 e. The maximum absolute atomic E-state index is 11.2. The third kappa shape index (κ3) is 3.13. The zero-order valence-corrected chi connectivity index (χ0v) is 9.45. The Morgan fingerprint density at radius 3 is 2.56 bits per heavy atom. The Bertz CT molecular complexity index is 510. The van der Waals surface area contributed by atoms with E-state index in [1.54, 1.807) is 0 Å². The lowest BCUT2D eigenvalue weighted by atomic mass is 10.3. The summed E-state index contributed by atoms with van der Waals surface area (Å²) in [6, 6.07) is 4.02. The summed E-state index contributed by atoms with van der Waals surface area (Å²) in [5.74, 6) is -0.536. The number of primary amides is 1. The van der Waals surface area contributed by atoms with Crippen LogP contribution in [-0.4, -0.2) is 27.2 Å². The largest absolute Gasteiger partial charge is 0.482 e. The van der Waals surface area contributed by atoms with E-state index in [0.717, 1.165) is 6.26 Å². The number of benzene rings is 1. The summed E-state index contributed by atoms with van der Waals surface area (Å²) in [5, 5.41) is 0. The minimum Gasteiger partial charge on any atom is -0.482 e. The van der Waals surface area contributed by atoms with Gasteiger partial charge in [0, 0.05) is 12.3 Å². The van der Waals surface area contributed by atoms with Crippen molar-refractivity contribution < 1.29 is 17.9 Å². The molecular weight excluding hydrogens is 232 g/mol. The fourth-order valence-corrected chi connectivity index (χ4v) is 1.66. The highest BCUT2D eigenvalue weighted by atomic mass is 32.2. The van der Waals surface area contributed by atoms with Crippen LogP contribution in [0.3, 0.4) is 0 Å². The van der Waals surface area contributed by atoms with Gasteiger partial charge in [0.2, 0.25) is 0 Å². The van der Waals surface area contributed by atoms with Crippen LogP contribution in [0, 0.1) is 0 Å². The maximum atomic E-state index is 11.2. The van der Waals surface area contributed by atoms with E-state index in [2.05, 4.69) is 0 Å². The van der Waals surface area contributed by atoms with Gasteiger partial charge >= 0.3 is 0 Å². The topological polar surface area (TPSA) is 112 Å². The molecule has 6 nitrogen and oxygen atoms in total. The highest BCUT2D eigenvalue weighted by Crippen LogP contribution is 2.24. The van der Waals surface area contributed by atoms with Crippen molar-refractivity contribution in [3.8, 4) is 5.75 Å². The summed E-state index contributed by atoms with van der Waals surface area (Å²) >= 11 is 0. The number of amides is 1. The van der Waals surface area contributed by atoms with Crippen LogP contribution >= 0.6 is 0 Å². The van der Waals surface area contributed by atoms with Gasteiger partial charge in [0.25, 0.3) is 5.91 Å². The van der Waals surface area contributed by atoms with Gasteiger partial charge in [-0.05, 0) is 12.1 Å². The number of ether oxygens (including phenoxy) is 1. The Balaban J connectivity index is 3.04. The summed E-state index contributed by atoms with van der Waals surface area (Å²) in [4.78, 5) is 10.6. The summed E-state index contributed by atoms with van der Waals surface area (Å²) in [5.41, 5.74) is 10.7. The first-order valence-corrected chi connectivity index (χ1v) is 6.20. The molecule has 0 spiro atoms. The smallest absolute Gasteiger partial charge is 0.255 e. The number of nitrogen functional groups attached to an aromatic ring is 1. The molecule has 0 saturated carbocycles. The summed E-state index contributed by atoms with van der Waals surface area (Å²) in [7, 11) is -3.33. The molecule has 7 heteroatoms. The van der Waals surface area contributed by atoms with Gasteiger partial charge in [-0.25, -0.2) is 8.42 Å². The number of carbonyl (C=O) groups is 1. The molecule has 0 saturated heterocycles. The second-order valence-corrected chi connectivity index (χ2v) is 5.24. The molecule has 0 unspecified atom stereocenters. The Labute approximate surface area is 93.1 Å². The Morgan fingerprint density at radius 1 is 1.44 bits per heavy atom. The molecule has 0 atom stereocenters. The zero-order chi connectivity index (χ0) is 12.3. The third-order valence-corrected chi connectivity index (χ3v) is 2.89. The van der Waals surface area contributed by atoms with Crippen LogP contribution in [-0.2, 0) is 14.6 Å². The monoisotopic (exact) mass is 244 g/mol. The summed E-state index contributed by atoms with van der Waals surface area (Å²) < 4.78 is 27.5. The number of carbonyl (C=O) groups excluding carboxylic acids is 1. The summed E-state index contributed by atoms with van der Waals surface area (Å²) in [6.45, 7) is -0.350. The van der Waals surface area contributed by atoms with Gasteiger partial charge in [-0.2, -0.15) is 0 Å². The van der Waals surface area contributed by atoms with E-state index in [0.29, 0.717) is 0 Å². The molecule has 16 heavy (non-hydrogen) atoms. The van der Waals surface area contributed by atoms with Gasteiger partial charge in [0.05, 0.1) is 10.6 Å². The molecule has 1 amide bonds. The Hall–Kier alpha value is -1.76. The van der Waals surface area contributed by atoms with Crippen LogP contribution in [0.1, 0.15) is 0 Å². The average Bonchev–Trinajstić information content (AvgIpc) is 2.14. The quantitative estimate of drug-likeness (QED) is 0.696. The lowest BCUT2D eigenvalue weighted by Gasteiger charge is -2.08. The molecule has 0 fully saturated rings. The molecule has 1 rings (SSSR count). The number of anilines is 1. The molecule has 0 aliphatic heterocycles. The fourth-order valence-electron chi connectivity index (χ4n) is 1.02. The molecule has 4 N–H and O–H groups in total. The SMILES string of the molecule is CS(=O)(=O)c1ccc(N)c(OCC(N)=O)c1. The predicted octanol–water partition coefficient (Wildman–Crippen LogP) is -0.464. The molecular formula is C9H12N2O4S. The second-order valence-electron chi connectivity index (χ2n) is 3.23. The first-order valence-electron chi connectivity index (χ1n) is 4.31. The van der Waals surface area contributed by atoms with Gasteiger partial charge < -0.3 is 16.2 Å². The van der Waals surface area contributed by atoms with Crippen molar-refractivity contribution in [2.75, 3.05) is 18.6 Å². The van der Waals surface area contributed by atoms with Gasteiger partial charge in [-0.3, -0.25) is 4.79 Å². The number of nitrogens with two attached hydrogens (primary N) is 2. The minimum absolute atomic E-state index is 0.0705. The minimum atomic E-state index is -3.33. The highest BCUT2D eigenvalue weighted by molar-refractivity contribution is 7.90. The molecule has 0 bridgehead atoms. The number of hydrogen-bond acceptors (Lipinski definition) is 5. The first kappa shape index (κ1) is 12.3. The first-order chi connectivity index (χ1) is 7.30. The van der Waals surface area contributed by atoms with E-state index in [1.807, 2.05) is 0 Å². The lowest BCUT2D eigenvalue weighted by molar-refractivity contribution is -0.119. The fraction of sp³-hybridized carbons (Fsp3) is 0.222. The zero-order valence-electron chi connectivity index (χ0n) is 8.64. The van der Waals surface area contributed by atoms with Crippen molar-refractivity contribution in [2.45, 2.75) is 4.90 Å². The van der Waals surface area contributed by atoms with Crippen molar-refractivity contribution in [2.24, 2.45) is 5.73 Å². The van der Waals surface area contributed by atoms with E-state index in [1.165, 1.54) is 18.2 Å². The van der Waals surface area contributed by atoms with Gasteiger partial charge in [0.1, 0.15) is 5.75 Å². The number of hydrogen-bond donors (Lipinski definition) is 2. The standard InChI is InChI=1S/C9H12N2O4S/c1-16(13,14)6-2-3-7(10)8(4-6)15-5-9(11)12/h2-4H,5,10H2,1H3,(H2,11,12). The second kappa shape index (κ2) is 4.40. The third-order valence-electron chi connectivity index (χ3n) is 1.78. The van der Waals surface area contributed by atoms with Crippen LogP contribution in [0.5, 0.6) is 5.75 Å². The molecule has 88 valence electrons. The van der Waals surface area contributed by atoms with E-state index in [4.69, 9.17) is 16.2 Å². The van der Waals surface area contributed by atoms with Crippen molar-refractivity contribution in [3.05, 3.63) is 18.2 Å². The normalized spacial score (nSPS) is 11.1. The molecule has 0 aliphatic carbocycles. The molecule has 1 aromatic rings. The average molecular weight is 244 g/mol. The molecule has 0 aromatic heterocycles. The van der Waals surface area contributed by atoms with E-state index < -0.39 is 15.7 Å². The van der Waals surface area contributed by atoms with Crippen LogP contribution in [0.2, 0.25) is 0 Å². The van der Waals surface area contributed by atoms with Crippen LogP contribution < -0.4 is 16.2 Å².